The third-order valence-electron chi connectivity index (χ3n) is 3.70. The molecule has 1 N–H and O–H groups in total. The lowest BCUT2D eigenvalue weighted by atomic mass is 9.88. The molecule has 1 heterocycles. The van der Waals surface area contributed by atoms with E-state index in [0.29, 0.717) is 5.75 Å². The molecule has 2 aromatic carbocycles. The monoisotopic (exact) mass is 294 g/mol. The average molecular weight is 294 g/mol. The summed E-state index contributed by atoms with van der Waals surface area (Å²) in [5.74, 6) is 0.121. The van der Waals surface area contributed by atoms with E-state index >= 15 is 0 Å². The summed E-state index contributed by atoms with van der Waals surface area (Å²) >= 11 is 0. The fourth-order valence-corrected chi connectivity index (χ4v) is 2.68. The van der Waals surface area contributed by atoms with Crippen LogP contribution in [0, 0.1) is 0 Å². The highest BCUT2D eigenvalue weighted by atomic mass is 19.4. The summed E-state index contributed by atoms with van der Waals surface area (Å²) in [4.78, 5) is 0. The Morgan fingerprint density at radius 2 is 1.71 bits per heavy atom. The molecule has 0 fully saturated rings. The summed E-state index contributed by atoms with van der Waals surface area (Å²) in [5.41, 5.74) is -0.181. The predicted octanol–water partition coefficient (Wildman–Crippen LogP) is 3.92. The van der Waals surface area contributed by atoms with E-state index in [-0.39, 0.29) is 12.2 Å². The maximum absolute atomic E-state index is 13.0. The lowest BCUT2D eigenvalue weighted by molar-refractivity contribution is -0.139. The number of fused-ring (bicyclic) bond motifs is 1. The number of hydrogen-bond donors (Lipinski definition) is 1. The molecule has 110 valence electrons. The lowest BCUT2D eigenvalue weighted by Crippen LogP contribution is -2.17. The Hall–Kier alpha value is -2.01. The van der Waals surface area contributed by atoms with E-state index in [9.17, 15) is 18.3 Å². The van der Waals surface area contributed by atoms with Crippen molar-refractivity contribution >= 4 is 0 Å². The van der Waals surface area contributed by atoms with Crippen molar-refractivity contribution in [3.05, 3.63) is 65.2 Å². The summed E-state index contributed by atoms with van der Waals surface area (Å²) in [5, 5.41) is 10.4. The molecule has 0 saturated heterocycles. The second-order valence-corrected chi connectivity index (χ2v) is 4.99. The van der Waals surface area contributed by atoms with Crippen molar-refractivity contribution in [1.82, 2.24) is 0 Å². The summed E-state index contributed by atoms with van der Waals surface area (Å²) < 4.78 is 44.6. The molecule has 0 aliphatic carbocycles. The highest BCUT2D eigenvalue weighted by Gasteiger charge is 2.38. The molecule has 2 atom stereocenters. The first-order valence-corrected chi connectivity index (χ1v) is 6.54. The van der Waals surface area contributed by atoms with Crippen molar-refractivity contribution < 1.29 is 23.0 Å². The van der Waals surface area contributed by atoms with Gasteiger partial charge in [0, 0.05) is 5.56 Å². The largest absolute Gasteiger partial charge is 0.493 e. The molecule has 0 saturated carbocycles. The number of ether oxygens (including phenoxy) is 1. The van der Waals surface area contributed by atoms with E-state index in [0.717, 1.165) is 11.6 Å². The van der Waals surface area contributed by atoms with Gasteiger partial charge in [0.25, 0.3) is 0 Å². The molecule has 2 nitrogen and oxygen atoms in total. The molecule has 21 heavy (non-hydrogen) atoms. The zero-order valence-corrected chi connectivity index (χ0v) is 11.0. The Bertz CT molecular complexity index is 652. The van der Waals surface area contributed by atoms with Crippen LogP contribution < -0.4 is 4.74 Å². The number of para-hydroxylation sites is 1. The van der Waals surface area contributed by atoms with Gasteiger partial charge >= 0.3 is 6.18 Å². The van der Waals surface area contributed by atoms with Crippen LogP contribution in [0.5, 0.6) is 5.75 Å². The minimum absolute atomic E-state index is 0.115. The maximum atomic E-state index is 13.0. The second kappa shape index (κ2) is 5.07. The van der Waals surface area contributed by atoms with Gasteiger partial charge in [-0.2, -0.15) is 13.2 Å². The average Bonchev–Trinajstić information content (AvgIpc) is 2.89. The van der Waals surface area contributed by atoms with Gasteiger partial charge < -0.3 is 9.84 Å². The van der Waals surface area contributed by atoms with Gasteiger partial charge in [0.1, 0.15) is 5.75 Å². The third kappa shape index (κ3) is 2.49. The highest BCUT2D eigenvalue weighted by molar-refractivity contribution is 5.43. The first-order chi connectivity index (χ1) is 9.98. The molecule has 2 aromatic rings. The molecular weight excluding hydrogens is 281 g/mol. The van der Waals surface area contributed by atoms with E-state index in [4.69, 9.17) is 4.74 Å². The van der Waals surface area contributed by atoms with Crippen LogP contribution in [0.4, 0.5) is 13.2 Å². The Kier molecular flexibility index (Phi) is 3.37. The SMILES string of the molecule is OC(c1ccccc1C(F)(F)F)C1COc2ccccc21. The maximum Gasteiger partial charge on any atom is 0.416 e. The molecule has 1 aliphatic rings. The van der Waals surface area contributed by atoms with Gasteiger partial charge in [0.05, 0.1) is 24.2 Å². The van der Waals surface area contributed by atoms with Gasteiger partial charge in [-0.25, -0.2) is 0 Å². The summed E-state index contributed by atoms with van der Waals surface area (Å²) in [6.07, 6.45) is -5.75. The van der Waals surface area contributed by atoms with E-state index in [1.807, 2.05) is 0 Å². The van der Waals surface area contributed by atoms with Gasteiger partial charge in [-0.3, -0.25) is 0 Å². The number of aliphatic hydroxyl groups excluding tert-OH is 1. The Labute approximate surface area is 119 Å². The first kappa shape index (κ1) is 13.9. The van der Waals surface area contributed by atoms with Crippen molar-refractivity contribution in [2.45, 2.75) is 18.2 Å². The first-order valence-electron chi connectivity index (χ1n) is 6.54. The second-order valence-electron chi connectivity index (χ2n) is 4.99. The predicted molar refractivity (Wildman–Crippen MR) is 71.1 cm³/mol. The minimum Gasteiger partial charge on any atom is -0.493 e. The van der Waals surface area contributed by atoms with Crippen molar-refractivity contribution in [2.24, 2.45) is 0 Å². The molecule has 0 radical (unpaired) electrons. The van der Waals surface area contributed by atoms with Crippen molar-refractivity contribution in [1.29, 1.82) is 0 Å². The van der Waals surface area contributed by atoms with E-state index in [1.54, 1.807) is 24.3 Å². The summed E-state index contributed by atoms with van der Waals surface area (Å²) in [6.45, 7) is 0.173. The van der Waals surface area contributed by atoms with E-state index in [1.165, 1.54) is 18.2 Å². The molecule has 0 spiro atoms. The molecule has 0 aromatic heterocycles. The fraction of sp³-hybridized carbons (Fsp3) is 0.250. The van der Waals surface area contributed by atoms with Crippen LogP contribution in [0.1, 0.15) is 28.7 Å². The minimum atomic E-state index is -4.49. The van der Waals surface area contributed by atoms with E-state index < -0.39 is 23.8 Å². The highest BCUT2D eigenvalue weighted by Crippen LogP contribution is 2.44. The zero-order valence-electron chi connectivity index (χ0n) is 11.0. The number of rotatable bonds is 2. The van der Waals surface area contributed by atoms with Crippen LogP contribution in [-0.4, -0.2) is 11.7 Å². The molecule has 3 rings (SSSR count). The van der Waals surface area contributed by atoms with Crippen molar-refractivity contribution in [2.75, 3.05) is 6.61 Å². The standard InChI is InChI=1S/C16H13F3O2/c17-16(18,19)13-7-3-1-6-11(13)15(20)12-9-21-14-8-4-2-5-10(12)14/h1-8,12,15,20H,9H2. The Morgan fingerprint density at radius 1 is 1.05 bits per heavy atom. The van der Waals surface area contributed by atoms with Gasteiger partial charge in [0.15, 0.2) is 0 Å². The zero-order chi connectivity index (χ0) is 15.0. The lowest BCUT2D eigenvalue weighted by Gasteiger charge is -2.21. The molecule has 0 bridgehead atoms. The van der Waals surface area contributed by atoms with Gasteiger partial charge in [-0.05, 0) is 17.7 Å². The number of halogens is 3. The fourth-order valence-electron chi connectivity index (χ4n) is 2.68. The third-order valence-corrected chi connectivity index (χ3v) is 3.70. The summed E-state index contributed by atoms with van der Waals surface area (Å²) in [6, 6.07) is 12.2. The van der Waals surface area contributed by atoms with Gasteiger partial charge in [0.2, 0.25) is 0 Å². The number of aliphatic hydroxyl groups is 1. The van der Waals surface area contributed by atoms with E-state index in [2.05, 4.69) is 0 Å². The number of benzene rings is 2. The Balaban J connectivity index is 2.00. The topological polar surface area (TPSA) is 29.5 Å². The quantitative estimate of drug-likeness (QED) is 0.909. The summed E-state index contributed by atoms with van der Waals surface area (Å²) in [7, 11) is 0. The smallest absolute Gasteiger partial charge is 0.416 e. The Morgan fingerprint density at radius 3 is 2.48 bits per heavy atom. The van der Waals surface area contributed by atoms with Crippen molar-refractivity contribution in [3.8, 4) is 5.75 Å². The van der Waals surface area contributed by atoms with Crippen LogP contribution in [0.25, 0.3) is 0 Å². The molecular formula is C16H13F3O2. The molecule has 2 unspecified atom stereocenters. The van der Waals surface area contributed by atoms with Gasteiger partial charge in [-0.1, -0.05) is 36.4 Å². The van der Waals surface area contributed by atoms with Crippen LogP contribution >= 0.6 is 0 Å². The molecule has 1 aliphatic heterocycles. The van der Waals surface area contributed by atoms with Crippen molar-refractivity contribution in [3.63, 3.8) is 0 Å². The van der Waals surface area contributed by atoms with Gasteiger partial charge in [-0.15, -0.1) is 0 Å². The van der Waals surface area contributed by atoms with Crippen LogP contribution in [0.2, 0.25) is 0 Å². The normalized spacial score (nSPS) is 19.0. The number of hydrogen-bond acceptors (Lipinski definition) is 2. The van der Waals surface area contributed by atoms with Crippen LogP contribution in [0.3, 0.4) is 0 Å². The number of alkyl halides is 3. The molecule has 0 amide bonds. The van der Waals surface area contributed by atoms with Crippen LogP contribution in [-0.2, 0) is 6.18 Å². The van der Waals surface area contributed by atoms with Crippen LogP contribution in [0.15, 0.2) is 48.5 Å². The molecule has 5 heteroatoms.